The molecule has 0 aromatic rings. The molecule has 0 saturated carbocycles. The number of hydrogen-bond acceptors (Lipinski definition) is 1. The smallest absolute Gasteiger partial charge is 1.00 e. The van der Waals surface area contributed by atoms with E-state index in [9.17, 15) is 0 Å². The first kappa shape index (κ1) is 25.2. The molecule has 0 fully saturated rings. The Labute approximate surface area is 156 Å². The SMILES string of the molecule is CC1=C[C](C)([Ti]([CH3])([CH2][SiH](C)C)[NH]C(C)(C)C)C(C)=C1C.[Cl-].[Cl-]. The molecule has 0 amide bonds. The second-order valence-electron chi connectivity index (χ2n) is 8.58. The van der Waals surface area contributed by atoms with E-state index < -0.39 is 25.6 Å². The zero-order chi connectivity index (χ0) is 15.9. The molecule has 0 aliphatic heterocycles. The molecule has 22 heavy (non-hydrogen) atoms. The van der Waals surface area contributed by atoms with Gasteiger partial charge in [-0.05, 0) is 0 Å². The summed E-state index contributed by atoms with van der Waals surface area (Å²) in [5.74, 6) is 0. The third-order valence-corrected chi connectivity index (χ3v) is 20.8. The first-order valence-corrected chi connectivity index (χ1v) is 15.3. The van der Waals surface area contributed by atoms with Gasteiger partial charge in [0.2, 0.25) is 0 Å². The van der Waals surface area contributed by atoms with E-state index in [1.54, 1.807) is 5.57 Å². The third kappa shape index (κ3) is 5.22. The van der Waals surface area contributed by atoms with Crippen molar-refractivity contribution in [1.29, 1.82) is 0 Å². The van der Waals surface area contributed by atoms with Crippen molar-refractivity contribution in [3.05, 3.63) is 22.8 Å². The molecule has 0 saturated heterocycles. The molecule has 5 heteroatoms. The van der Waals surface area contributed by atoms with Crippen LogP contribution in [-0.4, -0.2) is 14.3 Å². The maximum absolute atomic E-state index is 4.16. The van der Waals surface area contributed by atoms with Gasteiger partial charge in [0.05, 0.1) is 0 Å². The van der Waals surface area contributed by atoms with Gasteiger partial charge in [0.25, 0.3) is 0 Å². The van der Waals surface area contributed by atoms with E-state index in [4.69, 9.17) is 0 Å². The van der Waals surface area contributed by atoms with Gasteiger partial charge in [0.1, 0.15) is 0 Å². The normalized spacial score (nSPS) is 24.6. The van der Waals surface area contributed by atoms with Crippen LogP contribution in [0.5, 0.6) is 0 Å². The standard InChI is InChI=1S/C9H13.C4H10N.C3H9Si.CH3.2ClH.Ti/c1-6-5-7(2)9(4)8(6)3;1-4(2,3)5;1-4(2)3;;;;/h5H,1-4H3;5H,1-3H3;4H,1H2,2-3H3;1H3;2*1H;/q;-1;;;;;+1/p-2. The summed E-state index contributed by atoms with van der Waals surface area (Å²) >= 11 is -2.22. The average Bonchev–Trinajstić information content (AvgIpc) is 2.40. The molecule has 2 atom stereocenters. The maximum atomic E-state index is 4.16. The minimum Gasteiger partial charge on any atom is -1.00 e. The summed E-state index contributed by atoms with van der Waals surface area (Å²) in [4.78, 5) is 0. The molecule has 2 unspecified atom stereocenters. The number of nitrogens with one attached hydrogen (secondary N) is 1. The summed E-state index contributed by atoms with van der Waals surface area (Å²) in [6.45, 7) is 21.5. The maximum Gasteiger partial charge on any atom is -1.00 e. The van der Waals surface area contributed by atoms with Crippen molar-refractivity contribution in [2.24, 2.45) is 0 Å². The molecular weight excluding hydrogens is 365 g/mol. The van der Waals surface area contributed by atoms with Gasteiger partial charge in [-0.1, -0.05) is 0 Å². The zero-order valence-electron chi connectivity index (χ0n) is 16.1. The Balaban J connectivity index is 0. The fraction of sp³-hybridized carbons (Fsp3) is 0.765. The van der Waals surface area contributed by atoms with Crippen LogP contribution in [0.1, 0.15) is 48.5 Å². The van der Waals surface area contributed by atoms with Crippen molar-refractivity contribution in [3.8, 4) is 0 Å². The van der Waals surface area contributed by atoms with Gasteiger partial charge in [0, 0.05) is 0 Å². The predicted octanol–water partition coefficient (Wildman–Crippen LogP) is -0.581. The summed E-state index contributed by atoms with van der Waals surface area (Å²) in [5, 5.41) is 2.63. The minimum absolute atomic E-state index is 0. The Kier molecular flexibility index (Phi) is 9.57. The van der Waals surface area contributed by atoms with Gasteiger partial charge in [-0.3, -0.25) is 0 Å². The van der Waals surface area contributed by atoms with Crippen LogP contribution >= 0.6 is 0 Å². The monoisotopic (exact) mass is 399 g/mol. The Morgan fingerprint density at radius 1 is 1.14 bits per heavy atom. The van der Waals surface area contributed by atoms with Gasteiger partial charge < -0.3 is 24.8 Å². The number of rotatable bonds is 4. The van der Waals surface area contributed by atoms with Crippen molar-refractivity contribution >= 4 is 8.80 Å². The summed E-state index contributed by atoms with van der Waals surface area (Å²) in [6.07, 6.45) is 2.59. The van der Waals surface area contributed by atoms with Gasteiger partial charge in [-0.25, -0.2) is 0 Å². The van der Waals surface area contributed by atoms with Crippen LogP contribution in [0.25, 0.3) is 0 Å². The van der Waals surface area contributed by atoms with Crippen LogP contribution in [0.15, 0.2) is 22.8 Å². The van der Waals surface area contributed by atoms with Gasteiger partial charge in [-0.15, -0.1) is 0 Å². The summed E-state index contributed by atoms with van der Waals surface area (Å²) < 4.78 is 5.98. The van der Waals surface area contributed by atoms with Crippen LogP contribution in [0.4, 0.5) is 0 Å². The number of hydrogen-bond donors (Lipinski definition) is 1. The van der Waals surface area contributed by atoms with E-state index in [0.29, 0.717) is 3.72 Å². The molecule has 1 aliphatic rings. The first-order chi connectivity index (χ1) is 8.82. The molecule has 0 spiro atoms. The summed E-state index contributed by atoms with van der Waals surface area (Å²) in [6, 6.07) is 0. The van der Waals surface area contributed by atoms with Gasteiger partial charge in [-0.2, -0.15) is 0 Å². The van der Waals surface area contributed by atoms with E-state index in [0.717, 1.165) is 0 Å². The van der Waals surface area contributed by atoms with E-state index in [2.05, 4.69) is 76.7 Å². The second-order valence-corrected chi connectivity index (χ2v) is 19.9. The topological polar surface area (TPSA) is 12.0 Å². The van der Waals surface area contributed by atoms with Crippen LogP contribution in [0.3, 0.4) is 0 Å². The zero-order valence-corrected chi connectivity index (χ0v) is 20.3. The molecule has 1 aliphatic carbocycles. The Morgan fingerprint density at radius 3 is 1.86 bits per heavy atom. The fourth-order valence-corrected chi connectivity index (χ4v) is 21.6. The van der Waals surface area contributed by atoms with Crippen molar-refractivity contribution < 1.29 is 41.7 Å². The Morgan fingerprint density at radius 2 is 1.59 bits per heavy atom. The molecular formula is C17H35Cl2NSiTi-2. The number of halogens is 2. The van der Waals surface area contributed by atoms with Crippen LogP contribution in [0, 0.1) is 0 Å². The van der Waals surface area contributed by atoms with E-state index in [1.807, 2.05) is 0 Å². The van der Waals surface area contributed by atoms with Crippen LogP contribution in [0.2, 0.25) is 26.4 Å². The molecule has 1 rings (SSSR count). The van der Waals surface area contributed by atoms with E-state index in [-0.39, 0.29) is 30.4 Å². The van der Waals surface area contributed by atoms with Crippen LogP contribution < -0.4 is 28.6 Å². The van der Waals surface area contributed by atoms with Crippen molar-refractivity contribution in [2.75, 3.05) is 0 Å². The van der Waals surface area contributed by atoms with Crippen molar-refractivity contribution in [2.45, 2.75) is 80.4 Å². The van der Waals surface area contributed by atoms with Gasteiger partial charge >= 0.3 is 133 Å². The van der Waals surface area contributed by atoms with E-state index >= 15 is 0 Å². The molecule has 0 heterocycles. The van der Waals surface area contributed by atoms with Crippen LogP contribution in [-0.2, 0) is 16.8 Å². The minimum atomic E-state index is -2.22. The van der Waals surface area contributed by atoms with E-state index in [1.165, 1.54) is 15.5 Å². The molecule has 0 radical (unpaired) electrons. The third-order valence-electron chi connectivity index (χ3n) is 5.05. The largest absolute Gasteiger partial charge is 1.00 e. The first-order valence-electron chi connectivity index (χ1n) is 7.99. The Hall–Kier alpha value is 0.951. The fourth-order valence-electron chi connectivity index (χ4n) is 3.94. The molecule has 0 aromatic carbocycles. The van der Waals surface area contributed by atoms with Crippen molar-refractivity contribution in [1.82, 2.24) is 3.80 Å². The molecule has 1 N–H and O–H groups in total. The molecule has 0 bridgehead atoms. The summed E-state index contributed by atoms with van der Waals surface area (Å²) in [5.41, 5.74) is 4.89. The molecule has 0 aromatic heterocycles. The average molecular weight is 400 g/mol. The second kappa shape index (κ2) is 8.36. The molecule has 132 valence electrons. The summed E-state index contributed by atoms with van der Waals surface area (Å²) in [7, 11) is -0.584. The van der Waals surface area contributed by atoms with Crippen molar-refractivity contribution in [3.63, 3.8) is 0 Å². The number of allylic oxidation sites excluding steroid dienone is 4. The predicted molar refractivity (Wildman–Crippen MR) is 92.9 cm³/mol. The van der Waals surface area contributed by atoms with Gasteiger partial charge in [0.15, 0.2) is 0 Å². The molecule has 1 nitrogen and oxygen atoms in total. The Bertz CT molecular complexity index is 454. The quantitative estimate of drug-likeness (QED) is 0.623.